The molecule has 3 rings (SSSR count). The summed E-state index contributed by atoms with van der Waals surface area (Å²) in [5.74, 6) is 0. The molecule has 0 aliphatic carbocycles. The lowest BCUT2D eigenvalue weighted by Crippen LogP contribution is -2.05. The number of oxazole rings is 1. The number of nitrogens with zero attached hydrogens (tertiary/aromatic N) is 1. The zero-order valence-corrected chi connectivity index (χ0v) is 8.26. The van der Waals surface area contributed by atoms with Crippen LogP contribution in [0.3, 0.4) is 0 Å². The number of nitrogens with one attached hydrogen (secondary N) is 1. The molecule has 0 saturated heterocycles. The summed E-state index contributed by atoms with van der Waals surface area (Å²) in [6.07, 6.45) is 9.45. The van der Waals surface area contributed by atoms with Gasteiger partial charge < -0.3 is 9.73 Å². The van der Waals surface area contributed by atoms with Crippen LogP contribution in [0.15, 0.2) is 59.5 Å². The lowest BCUT2D eigenvalue weighted by Gasteiger charge is -1.94. The Morgan fingerprint density at radius 1 is 1.20 bits per heavy atom. The highest BCUT2D eigenvalue weighted by molar-refractivity contribution is 5.71. The first-order valence-electron chi connectivity index (χ1n) is 4.80. The molecule has 0 radical (unpaired) electrons. The molecule has 2 aromatic rings. The normalized spacial score (nSPS) is 13.1. The van der Waals surface area contributed by atoms with E-state index in [-0.39, 0.29) is 0 Å². The zero-order valence-electron chi connectivity index (χ0n) is 8.26. The Balaban J connectivity index is 0.000000124. The summed E-state index contributed by atoms with van der Waals surface area (Å²) < 4.78 is 5.01. The first kappa shape index (κ1) is 9.52. The molecule has 0 atom stereocenters. The van der Waals surface area contributed by atoms with Crippen molar-refractivity contribution in [1.82, 2.24) is 10.3 Å². The van der Waals surface area contributed by atoms with Gasteiger partial charge in [0.25, 0.3) is 0 Å². The highest BCUT2D eigenvalue weighted by Gasteiger charge is 1.91. The van der Waals surface area contributed by atoms with Crippen LogP contribution in [-0.2, 0) is 0 Å². The average Bonchev–Trinajstić information content (AvgIpc) is 2.80. The predicted octanol–water partition coefficient (Wildman–Crippen LogP) is 2.49. The van der Waals surface area contributed by atoms with Gasteiger partial charge in [-0.15, -0.1) is 0 Å². The third-order valence-corrected chi connectivity index (χ3v) is 1.93. The number of hydrogen-bond acceptors (Lipinski definition) is 3. The number of fused-ring (bicyclic) bond motifs is 1. The van der Waals surface area contributed by atoms with Gasteiger partial charge in [0.05, 0.1) is 0 Å². The van der Waals surface area contributed by atoms with Crippen molar-refractivity contribution in [3.05, 3.63) is 55.1 Å². The Hall–Kier alpha value is -2.03. The number of para-hydroxylation sites is 2. The molecule has 1 aromatic carbocycles. The molecule has 0 amide bonds. The lowest BCUT2D eigenvalue weighted by molar-refractivity contribution is 0.602. The van der Waals surface area contributed by atoms with E-state index in [1.165, 1.54) is 6.39 Å². The molecule has 2 heterocycles. The van der Waals surface area contributed by atoms with Gasteiger partial charge >= 0.3 is 0 Å². The Kier molecular flexibility index (Phi) is 3.18. The van der Waals surface area contributed by atoms with Crippen molar-refractivity contribution in [2.24, 2.45) is 0 Å². The summed E-state index contributed by atoms with van der Waals surface area (Å²) in [7, 11) is 0. The summed E-state index contributed by atoms with van der Waals surface area (Å²) in [5, 5.41) is 3.02. The SMILES string of the molecule is C1=CCNC=C1.c1ccc2ocnc2c1. The molecule has 3 heteroatoms. The molecule has 1 aliphatic heterocycles. The second kappa shape index (κ2) is 5.00. The average molecular weight is 200 g/mol. The van der Waals surface area contributed by atoms with Crippen molar-refractivity contribution >= 4 is 11.1 Å². The van der Waals surface area contributed by atoms with Crippen LogP contribution < -0.4 is 5.32 Å². The minimum Gasteiger partial charge on any atom is -0.443 e. The van der Waals surface area contributed by atoms with Crippen LogP contribution in [0.5, 0.6) is 0 Å². The van der Waals surface area contributed by atoms with Crippen molar-refractivity contribution < 1.29 is 4.42 Å². The van der Waals surface area contributed by atoms with Gasteiger partial charge in [0.2, 0.25) is 0 Å². The molecule has 0 spiro atoms. The van der Waals surface area contributed by atoms with Gasteiger partial charge in [-0.1, -0.05) is 24.3 Å². The van der Waals surface area contributed by atoms with Gasteiger partial charge in [0.15, 0.2) is 12.0 Å². The van der Waals surface area contributed by atoms with Gasteiger partial charge in [-0.2, -0.15) is 0 Å². The van der Waals surface area contributed by atoms with E-state index in [0.29, 0.717) is 0 Å². The fraction of sp³-hybridized carbons (Fsp3) is 0.0833. The highest BCUT2D eigenvalue weighted by atomic mass is 16.3. The van der Waals surface area contributed by atoms with E-state index in [1.807, 2.05) is 42.6 Å². The molecule has 3 nitrogen and oxygen atoms in total. The lowest BCUT2D eigenvalue weighted by atomic mass is 10.3. The third kappa shape index (κ3) is 2.71. The first-order chi connectivity index (χ1) is 7.47. The maximum atomic E-state index is 5.01. The largest absolute Gasteiger partial charge is 0.443 e. The van der Waals surface area contributed by atoms with Crippen molar-refractivity contribution in [2.45, 2.75) is 0 Å². The van der Waals surface area contributed by atoms with Crippen LogP contribution in [0.2, 0.25) is 0 Å². The molecule has 76 valence electrons. The van der Waals surface area contributed by atoms with Crippen LogP contribution in [0.25, 0.3) is 11.1 Å². The van der Waals surface area contributed by atoms with Crippen molar-refractivity contribution in [3.63, 3.8) is 0 Å². The molecule has 0 fully saturated rings. The maximum absolute atomic E-state index is 5.01. The van der Waals surface area contributed by atoms with Gasteiger partial charge in [0.1, 0.15) is 5.52 Å². The topological polar surface area (TPSA) is 38.1 Å². The molecule has 1 aromatic heterocycles. The van der Waals surface area contributed by atoms with Crippen LogP contribution in [0.4, 0.5) is 0 Å². The monoisotopic (exact) mass is 200 g/mol. The summed E-state index contributed by atoms with van der Waals surface area (Å²) in [4.78, 5) is 3.95. The summed E-state index contributed by atoms with van der Waals surface area (Å²) in [5.41, 5.74) is 1.76. The van der Waals surface area contributed by atoms with Gasteiger partial charge in [0, 0.05) is 6.54 Å². The minimum absolute atomic E-state index is 0.845. The van der Waals surface area contributed by atoms with E-state index in [4.69, 9.17) is 4.42 Å². The molecule has 0 saturated carbocycles. The molecule has 0 bridgehead atoms. The number of hydrogen-bond donors (Lipinski definition) is 1. The Morgan fingerprint density at radius 2 is 2.13 bits per heavy atom. The number of rotatable bonds is 0. The number of dihydropyridines is 1. The van der Waals surface area contributed by atoms with E-state index in [1.54, 1.807) is 0 Å². The fourth-order valence-corrected chi connectivity index (χ4v) is 1.21. The van der Waals surface area contributed by atoms with Gasteiger partial charge in [-0.3, -0.25) is 0 Å². The summed E-state index contributed by atoms with van der Waals surface area (Å²) >= 11 is 0. The van der Waals surface area contributed by atoms with Crippen LogP contribution in [0.1, 0.15) is 0 Å². The smallest absolute Gasteiger partial charge is 0.181 e. The fourth-order valence-electron chi connectivity index (χ4n) is 1.21. The second-order valence-electron chi connectivity index (χ2n) is 3.02. The zero-order chi connectivity index (χ0) is 10.3. The third-order valence-electron chi connectivity index (χ3n) is 1.93. The van der Waals surface area contributed by atoms with E-state index in [9.17, 15) is 0 Å². The predicted molar refractivity (Wildman–Crippen MR) is 60.3 cm³/mol. The molecular weight excluding hydrogens is 188 g/mol. The highest BCUT2D eigenvalue weighted by Crippen LogP contribution is 2.09. The number of benzene rings is 1. The molecule has 15 heavy (non-hydrogen) atoms. The Labute approximate surface area is 88.1 Å². The Morgan fingerprint density at radius 3 is 2.73 bits per heavy atom. The number of aromatic nitrogens is 1. The molecule has 1 aliphatic rings. The van der Waals surface area contributed by atoms with Crippen molar-refractivity contribution in [3.8, 4) is 0 Å². The van der Waals surface area contributed by atoms with Crippen LogP contribution in [0, 0.1) is 0 Å². The van der Waals surface area contributed by atoms with Crippen molar-refractivity contribution in [2.75, 3.05) is 6.54 Å². The van der Waals surface area contributed by atoms with Crippen LogP contribution >= 0.6 is 0 Å². The van der Waals surface area contributed by atoms with E-state index in [0.717, 1.165) is 17.6 Å². The van der Waals surface area contributed by atoms with E-state index >= 15 is 0 Å². The summed E-state index contributed by atoms with van der Waals surface area (Å²) in [6, 6.07) is 7.67. The maximum Gasteiger partial charge on any atom is 0.181 e. The quantitative estimate of drug-likeness (QED) is 0.710. The van der Waals surface area contributed by atoms with Gasteiger partial charge in [-0.25, -0.2) is 4.98 Å². The molecular formula is C12H12N2O. The first-order valence-corrected chi connectivity index (χ1v) is 4.80. The summed E-state index contributed by atoms with van der Waals surface area (Å²) in [6.45, 7) is 0.983. The van der Waals surface area contributed by atoms with E-state index in [2.05, 4.69) is 16.4 Å². The second-order valence-corrected chi connectivity index (χ2v) is 3.02. The van der Waals surface area contributed by atoms with Crippen molar-refractivity contribution in [1.29, 1.82) is 0 Å². The minimum atomic E-state index is 0.845. The molecule has 1 N–H and O–H groups in total. The number of allylic oxidation sites excluding steroid dienone is 2. The Bertz CT molecular complexity index is 429. The molecule has 0 unspecified atom stereocenters. The van der Waals surface area contributed by atoms with Crippen LogP contribution in [-0.4, -0.2) is 11.5 Å². The van der Waals surface area contributed by atoms with Gasteiger partial charge in [-0.05, 0) is 24.4 Å². The van der Waals surface area contributed by atoms with E-state index < -0.39 is 0 Å². The standard InChI is InChI=1S/C7H5NO.C5H7N/c1-2-4-7-6(3-1)8-5-9-7;1-2-4-6-5-3-1/h1-5H;1-4,6H,5H2.